The summed E-state index contributed by atoms with van der Waals surface area (Å²) in [6, 6.07) is 3.36. The zero-order valence-electron chi connectivity index (χ0n) is 12.1. The van der Waals surface area contributed by atoms with Gasteiger partial charge >= 0.3 is 5.97 Å². The number of rotatable bonds is 3. The molecule has 6 nitrogen and oxygen atoms in total. The second-order valence-corrected chi connectivity index (χ2v) is 5.56. The van der Waals surface area contributed by atoms with E-state index in [1.165, 1.54) is 7.11 Å². The summed E-state index contributed by atoms with van der Waals surface area (Å²) in [5.74, 6) is 0.169. The van der Waals surface area contributed by atoms with Gasteiger partial charge in [0.15, 0.2) is 5.69 Å². The van der Waals surface area contributed by atoms with Gasteiger partial charge in [0.25, 0.3) is 0 Å². The zero-order valence-corrected chi connectivity index (χ0v) is 12.1. The molecule has 1 aromatic rings. The van der Waals surface area contributed by atoms with Crippen molar-refractivity contribution in [3.05, 3.63) is 24.0 Å². The van der Waals surface area contributed by atoms with Crippen LogP contribution in [-0.2, 0) is 9.47 Å². The minimum absolute atomic E-state index is 0.0241. The minimum atomic E-state index is -0.460. The lowest BCUT2D eigenvalue weighted by Crippen LogP contribution is -2.41. The number of aromatic nitrogens is 1. The van der Waals surface area contributed by atoms with Crippen molar-refractivity contribution in [2.24, 2.45) is 0 Å². The fraction of sp³-hybridized carbons (Fsp3) is 0.600. The first-order valence-electron chi connectivity index (χ1n) is 7.26. The number of methoxy groups -OCH3 is 1. The van der Waals surface area contributed by atoms with Gasteiger partial charge in [-0.25, -0.2) is 9.78 Å². The normalized spacial score (nSPS) is 24.0. The van der Waals surface area contributed by atoms with Gasteiger partial charge in [-0.3, -0.25) is 0 Å². The molecular weight excluding hydrogens is 272 g/mol. The van der Waals surface area contributed by atoms with E-state index in [4.69, 9.17) is 9.47 Å². The van der Waals surface area contributed by atoms with Gasteiger partial charge < -0.3 is 19.5 Å². The lowest BCUT2D eigenvalue weighted by atomic mass is 9.89. The highest BCUT2D eigenvalue weighted by Gasteiger charge is 2.42. The average molecular weight is 292 g/mol. The van der Waals surface area contributed by atoms with Crippen LogP contribution in [0.2, 0.25) is 0 Å². The topological polar surface area (TPSA) is 69.7 Å². The lowest BCUT2D eigenvalue weighted by molar-refractivity contribution is -0.0205. The number of esters is 1. The molecule has 0 bridgehead atoms. The van der Waals surface area contributed by atoms with Crippen LogP contribution in [0.3, 0.4) is 0 Å². The van der Waals surface area contributed by atoms with Crippen molar-refractivity contribution in [2.45, 2.75) is 31.0 Å². The summed E-state index contributed by atoms with van der Waals surface area (Å²) in [6.45, 7) is 2.58. The van der Waals surface area contributed by atoms with Crippen LogP contribution in [0.4, 0.5) is 0 Å². The number of pyridine rings is 1. The third kappa shape index (κ3) is 3.16. The van der Waals surface area contributed by atoms with Crippen molar-refractivity contribution in [3.63, 3.8) is 0 Å². The Morgan fingerprint density at radius 1 is 1.48 bits per heavy atom. The van der Waals surface area contributed by atoms with E-state index in [0.29, 0.717) is 12.4 Å². The molecule has 0 radical (unpaired) electrons. The Morgan fingerprint density at radius 2 is 2.29 bits per heavy atom. The molecule has 0 aromatic carbocycles. The van der Waals surface area contributed by atoms with Gasteiger partial charge in [0, 0.05) is 18.7 Å². The number of nitrogens with one attached hydrogen (secondary N) is 1. The van der Waals surface area contributed by atoms with Crippen molar-refractivity contribution < 1.29 is 19.0 Å². The van der Waals surface area contributed by atoms with E-state index < -0.39 is 5.97 Å². The molecule has 2 fully saturated rings. The summed E-state index contributed by atoms with van der Waals surface area (Å²) < 4.78 is 16.6. The first-order valence-corrected chi connectivity index (χ1v) is 7.26. The molecule has 1 aromatic heterocycles. The molecule has 0 aliphatic carbocycles. The van der Waals surface area contributed by atoms with Crippen molar-refractivity contribution in [3.8, 4) is 5.75 Å². The molecule has 3 heterocycles. The molecule has 1 atom stereocenters. The number of hydrogen-bond acceptors (Lipinski definition) is 6. The molecular formula is C15H20N2O4. The maximum absolute atomic E-state index is 11.5. The number of carbonyl (C=O) groups is 1. The standard InChI is InChI=1S/C15H20N2O4/c1-19-14(18)13-8-11(2-5-17-13)21-12-9-15(20-10-12)3-6-16-7-4-15/h2,5,8,12,16H,3-4,6-7,9-10H2,1H3. The van der Waals surface area contributed by atoms with Gasteiger partial charge in [0.2, 0.25) is 0 Å². The number of ether oxygens (including phenoxy) is 3. The minimum Gasteiger partial charge on any atom is -0.488 e. The smallest absolute Gasteiger partial charge is 0.356 e. The highest BCUT2D eigenvalue weighted by atomic mass is 16.6. The Kier molecular flexibility index (Phi) is 4.07. The first-order chi connectivity index (χ1) is 10.2. The Balaban J connectivity index is 1.63. The van der Waals surface area contributed by atoms with Gasteiger partial charge in [0.1, 0.15) is 11.9 Å². The number of hydrogen-bond donors (Lipinski definition) is 1. The van der Waals surface area contributed by atoms with Gasteiger partial charge in [0.05, 0.1) is 19.3 Å². The molecule has 0 saturated carbocycles. The van der Waals surface area contributed by atoms with E-state index in [1.54, 1.807) is 18.3 Å². The maximum Gasteiger partial charge on any atom is 0.356 e. The predicted molar refractivity (Wildman–Crippen MR) is 75.4 cm³/mol. The highest BCUT2D eigenvalue weighted by molar-refractivity contribution is 5.87. The summed E-state index contributed by atoms with van der Waals surface area (Å²) in [5, 5.41) is 3.35. The third-order valence-corrected chi connectivity index (χ3v) is 4.12. The Labute approximate surface area is 123 Å². The van der Waals surface area contributed by atoms with Crippen molar-refractivity contribution in [1.29, 1.82) is 0 Å². The summed E-state index contributed by atoms with van der Waals surface area (Å²) in [7, 11) is 1.34. The SMILES string of the molecule is COC(=O)c1cc(OC2COC3(CCNCC3)C2)ccn1. The van der Waals surface area contributed by atoms with Crippen LogP contribution in [-0.4, -0.2) is 49.5 Å². The van der Waals surface area contributed by atoms with E-state index in [9.17, 15) is 4.79 Å². The molecule has 1 unspecified atom stereocenters. The summed E-state index contributed by atoms with van der Waals surface area (Å²) in [6.07, 6.45) is 4.52. The first kappa shape index (κ1) is 14.3. The molecule has 0 amide bonds. The predicted octanol–water partition coefficient (Wildman–Crippen LogP) is 1.16. The van der Waals surface area contributed by atoms with Crippen LogP contribution >= 0.6 is 0 Å². The number of nitrogens with zero attached hydrogens (tertiary/aromatic N) is 1. The molecule has 6 heteroatoms. The molecule has 114 valence electrons. The average Bonchev–Trinajstić information content (AvgIpc) is 2.89. The molecule has 2 aliphatic rings. The molecule has 1 N–H and O–H groups in total. The molecule has 2 aliphatic heterocycles. The van der Waals surface area contributed by atoms with Gasteiger partial charge in [-0.1, -0.05) is 0 Å². The lowest BCUT2D eigenvalue weighted by Gasteiger charge is -2.32. The van der Waals surface area contributed by atoms with E-state index in [1.807, 2.05) is 0 Å². The largest absolute Gasteiger partial charge is 0.488 e. The van der Waals surface area contributed by atoms with Crippen LogP contribution in [0.1, 0.15) is 29.8 Å². The quantitative estimate of drug-likeness (QED) is 0.843. The summed E-state index contributed by atoms with van der Waals surface area (Å²) in [5.41, 5.74) is 0.221. The van der Waals surface area contributed by atoms with Gasteiger partial charge in [-0.2, -0.15) is 0 Å². The molecule has 1 spiro atoms. The fourth-order valence-electron chi connectivity index (χ4n) is 3.00. The molecule has 21 heavy (non-hydrogen) atoms. The van der Waals surface area contributed by atoms with Crippen molar-refractivity contribution >= 4 is 5.97 Å². The Morgan fingerprint density at radius 3 is 3.05 bits per heavy atom. The highest BCUT2D eigenvalue weighted by Crippen LogP contribution is 2.35. The van der Waals surface area contributed by atoms with E-state index in [2.05, 4.69) is 15.0 Å². The fourth-order valence-corrected chi connectivity index (χ4v) is 3.00. The van der Waals surface area contributed by atoms with Crippen molar-refractivity contribution in [2.75, 3.05) is 26.8 Å². The van der Waals surface area contributed by atoms with Crippen molar-refractivity contribution in [1.82, 2.24) is 10.3 Å². The van der Waals surface area contributed by atoms with Crippen LogP contribution in [0, 0.1) is 0 Å². The second kappa shape index (κ2) is 5.99. The summed E-state index contributed by atoms with van der Waals surface area (Å²) in [4.78, 5) is 15.4. The number of carbonyl (C=O) groups excluding carboxylic acids is 1. The van der Waals surface area contributed by atoms with Gasteiger partial charge in [-0.05, 0) is 32.0 Å². The van der Waals surface area contributed by atoms with Gasteiger partial charge in [-0.15, -0.1) is 0 Å². The molecule has 3 rings (SSSR count). The zero-order chi connectivity index (χ0) is 14.7. The van der Waals surface area contributed by atoms with Crippen LogP contribution in [0.15, 0.2) is 18.3 Å². The monoisotopic (exact) mass is 292 g/mol. The Bertz CT molecular complexity index is 514. The third-order valence-electron chi connectivity index (χ3n) is 4.12. The second-order valence-electron chi connectivity index (χ2n) is 5.56. The van der Waals surface area contributed by atoms with E-state index in [0.717, 1.165) is 32.4 Å². The van der Waals surface area contributed by atoms with Crippen LogP contribution in [0.5, 0.6) is 5.75 Å². The maximum atomic E-state index is 11.5. The van der Waals surface area contributed by atoms with E-state index in [-0.39, 0.29) is 17.4 Å². The Hall–Kier alpha value is -1.66. The van der Waals surface area contributed by atoms with Crippen LogP contribution < -0.4 is 10.1 Å². The summed E-state index contributed by atoms with van der Waals surface area (Å²) >= 11 is 0. The van der Waals surface area contributed by atoms with Crippen LogP contribution in [0.25, 0.3) is 0 Å². The van der Waals surface area contributed by atoms with E-state index >= 15 is 0 Å². The number of piperidine rings is 1. The molecule has 2 saturated heterocycles.